The van der Waals surface area contributed by atoms with Crippen LogP contribution in [0.3, 0.4) is 0 Å². The molecule has 3 nitrogen and oxygen atoms in total. The zero-order valence-corrected chi connectivity index (χ0v) is 11.1. The summed E-state index contributed by atoms with van der Waals surface area (Å²) in [5.74, 6) is 0.700. The molecule has 0 spiro atoms. The summed E-state index contributed by atoms with van der Waals surface area (Å²) >= 11 is 7.47. The molecule has 0 fully saturated rings. The molecule has 1 N–H and O–H groups in total. The Bertz CT molecular complexity index is 496. The molecule has 1 amide bonds. The standard InChI is InChI=1S/C13H12ClNO2S/c14-11-1-3-12(4-2-11)18-8-6-15-13(16)10-5-7-17-9-10/h1-5,7,9H,6,8H2,(H,15,16). The Morgan fingerprint density at radius 2 is 2.06 bits per heavy atom. The molecule has 1 heterocycles. The molecule has 1 aromatic heterocycles. The van der Waals surface area contributed by atoms with E-state index in [2.05, 4.69) is 5.32 Å². The van der Waals surface area contributed by atoms with Crippen LogP contribution in [-0.4, -0.2) is 18.2 Å². The Kier molecular flexibility index (Phi) is 4.73. The number of benzene rings is 1. The van der Waals surface area contributed by atoms with Crippen LogP contribution in [0.15, 0.2) is 52.2 Å². The van der Waals surface area contributed by atoms with Crippen molar-refractivity contribution in [3.8, 4) is 0 Å². The van der Waals surface area contributed by atoms with Crippen LogP contribution in [0, 0.1) is 0 Å². The average molecular weight is 282 g/mol. The van der Waals surface area contributed by atoms with Crippen LogP contribution in [0.4, 0.5) is 0 Å². The molecule has 0 saturated heterocycles. The Hall–Kier alpha value is -1.39. The first-order valence-electron chi connectivity index (χ1n) is 5.44. The van der Waals surface area contributed by atoms with Crippen molar-refractivity contribution in [3.63, 3.8) is 0 Å². The van der Waals surface area contributed by atoms with Crippen LogP contribution in [0.2, 0.25) is 5.02 Å². The van der Waals surface area contributed by atoms with Crippen LogP contribution >= 0.6 is 23.4 Å². The van der Waals surface area contributed by atoms with E-state index in [4.69, 9.17) is 16.0 Å². The molecule has 1 aromatic carbocycles. The topological polar surface area (TPSA) is 42.2 Å². The second-order valence-corrected chi connectivity index (χ2v) is 5.18. The summed E-state index contributed by atoms with van der Waals surface area (Å²) in [7, 11) is 0. The zero-order chi connectivity index (χ0) is 12.8. The second kappa shape index (κ2) is 6.52. The van der Waals surface area contributed by atoms with E-state index in [1.54, 1.807) is 17.8 Å². The van der Waals surface area contributed by atoms with Crippen LogP contribution in [0.1, 0.15) is 10.4 Å². The van der Waals surface area contributed by atoms with Crippen molar-refractivity contribution in [2.45, 2.75) is 4.90 Å². The predicted molar refractivity (Wildman–Crippen MR) is 73.2 cm³/mol. The van der Waals surface area contributed by atoms with Crippen LogP contribution in [-0.2, 0) is 0 Å². The molecule has 0 radical (unpaired) electrons. The lowest BCUT2D eigenvalue weighted by Gasteiger charge is -2.03. The third-order valence-corrected chi connectivity index (χ3v) is 3.52. The van der Waals surface area contributed by atoms with Gasteiger partial charge in [0.2, 0.25) is 0 Å². The fourth-order valence-electron chi connectivity index (χ4n) is 1.36. The third kappa shape index (κ3) is 3.82. The number of halogens is 1. The smallest absolute Gasteiger partial charge is 0.254 e. The van der Waals surface area contributed by atoms with Crippen molar-refractivity contribution >= 4 is 29.3 Å². The van der Waals surface area contributed by atoms with Gasteiger partial charge < -0.3 is 9.73 Å². The summed E-state index contributed by atoms with van der Waals surface area (Å²) in [6.07, 6.45) is 2.92. The summed E-state index contributed by atoms with van der Waals surface area (Å²) in [5.41, 5.74) is 0.548. The molecule has 18 heavy (non-hydrogen) atoms. The fourth-order valence-corrected chi connectivity index (χ4v) is 2.25. The Morgan fingerprint density at radius 3 is 2.72 bits per heavy atom. The van der Waals surface area contributed by atoms with Gasteiger partial charge in [-0.2, -0.15) is 0 Å². The molecular weight excluding hydrogens is 270 g/mol. The van der Waals surface area contributed by atoms with Crippen molar-refractivity contribution in [2.24, 2.45) is 0 Å². The van der Waals surface area contributed by atoms with Gasteiger partial charge in [-0.15, -0.1) is 11.8 Å². The van der Waals surface area contributed by atoms with Gasteiger partial charge in [0.1, 0.15) is 6.26 Å². The maximum Gasteiger partial charge on any atom is 0.254 e. The molecule has 0 bridgehead atoms. The minimum absolute atomic E-state index is 0.111. The molecule has 94 valence electrons. The highest BCUT2D eigenvalue weighted by Crippen LogP contribution is 2.19. The summed E-state index contributed by atoms with van der Waals surface area (Å²) in [6, 6.07) is 9.28. The lowest BCUT2D eigenvalue weighted by atomic mass is 10.3. The summed E-state index contributed by atoms with van der Waals surface area (Å²) < 4.78 is 4.84. The van der Waals surface area contributed by atoms with E-state index >= 15 is 0 Å². The number of hydrogen-bond acceptors (Lipinski definition) is 3. The van der Waals surface area contributed by atoms with Gasteiger partial charge >= 0.3 is 0 Å². The van der Waals surface area contributed by atoms with E-state index in [1.807, 2.05) is 24.3 Å². The molecule has 5 heteroatoms. The third-order valence-electron chi connectivity index (χ3n) is 2.25. The normalized spacial score (nSPS) is 10.3. The first-order chi connectivity index (χ1) is 8.75. The molecule has 0 aliphatic carbocycles. The molecule has 0 saturated carbocycles. The number of amides is 1. The zero-order valence-electron chi connectivity index (χ0n) is 9.56. The largest absolute Gasteiger partial charge is 0.472 e. The van der Waals surface area contributed by atoms with Crippen molar-refractivity contribution in [1.29, 1.82) is 0 Å². The maximum absolute atomic E-state index is 11.6. The lowest BCUT2D eigenvalue weighted by molar-refractivity contribution is 0.0955. The molecule has 0 aliphatic heterocycles. The summed E-state index contributed by atoms with van der Waals surface area (Å²) in [4.78, 5) is 12.7. The lowest BCUT2D eigenvalue weighted by Crippen LogP contribution is -2.25. The minimum Gasteiger partial charge on any atom is -0.472 e. The molecule has 0 unspecified atom stereocenters. The van der Waals surface area contributed by atoms with Gasteiger partial charge in [0.25, 0.3) is 5.91 Å². The van der Waals surface area contributed by atoms with E-state index in [9.17, 15) is 4.79 Å². The van der Waals surface area contributed by atoms with Crippen molar-refractivity contribution < 1.29 is 9.21 Å². The van der Waals surface area contributed by atoms with E-state index in [1.165, 1.54) is 12.5 Å². The number of thioether (sulfide) groups is 1. The van der Waals surface area contributed by atoms with Crippen LogP contribution in [0.5, 0.6) is 0 Å². The van der Waals surface area contributed by atoms with Crippen molar-refractivity contribution in [3.05, 3.63) is 53.4 Å². The van der Waals surface area contributed by atoms with Gasteiger partial charge in [-0.1, -0.05) is 11.6 Å². The highest BCUT2D eigenvalue weighted by molar-refractivity contribution is 7.99. The van der Waals surface area contributed by atoms with E-state index in [-0.39, 0.29) is 5.91 Å². The number of carbonyl (C=O) groups is 1. The van der Waals surface area contributed by atoms with Gasteiger partial charge in [0.15, 0.2) is 0 Å². The van der Waals surface area contributed by atoms with Crippen molar-refractivity contribution in [1.82, 2.24) is 5.32 Å². The second-order valence-electron chi connectivity index (χ2n) is 3.57. The van der Waals surface area contributed by atoms with Gasteiger partial charge in [-0.3, -0.25) is 4.79 Å². The van der Waals surface area contributed by atoms with Crippen LogP contribution < -0.4 is 5.32 Å². The van der Waals surface area contributed by atoms with E-state index in [0.29, 0.717) is 12.1 Å². The predicted octanol–water partition coefficient (Wildman–Crippen LogP) is 3.46. The number of nitrogens with one attached hydrogen (secondary N) is 1. The highest BCUT2D eigenvalue weighted by Gasteiger charge is 2.05. The first kappa shape index (κ1) is 13.1. The Morgan fingerprint density at radius 1 is 1.28 bits per heavy atom. The number of furan rings is 1. The number of carbonyl (C=O) groups excluding carboxylic acids is 1. The minimum atomic E-state index is -0.111. The van der Waals surface area contributed by atoms with Gasteiger partial charge in [0, 0.05) is 22.2 Å². The van der Waals surface area contributed by atoms with Gasteiger partial charge in [-0.25, -0.2) is 0 Å². The number of hydrogen-bond donors (Lipinski definition) is 1. The molecule has 2 aromatic rings. The maximum atomic E-state index is 11.6. The first-order valence-corrected chi connectivity index (χ1v) is 6.81. The quantitative estimate of drug-likeness (QED) is 0.674. The monoisotopic (exact) mass is 281 g/mol. The fraction of sp³-hybridized carbons (Fsp3) is 0.154. The molecule has 2 rings (SSSR count). The van der Waals surface area contributed by atoms with E-state index < -0.39 is 0 Å². The molecule has 0 atom stereocenters. The molecular formula is C13H12ClNO2S. The van der Waals surface area contributed by atoms with E-state index in [0.717, 1.165) is 15.7 Å². The van der Waals surface area contributed by atoms with Gasteiger partial charge in [-0.05, 0) is 30.3 Å². The SMILES string of the molecule is O=C(NCCSc1ccc(Cl)cc1)c1ccoc1. The van der Waals surface area contributed by atoms with Gasteiger partial charge in [0.05, 0.1) is 11.8 Å². The number of rotatable bonds is 5. The Balaban J connectivity index is 1.70. The average Bonchev–Trinajstić information content (AvgIpc) is 2.90. The highest BCUT2D eigenvalue weighted by atomic mass is 35.5. The molecule has 0 aliphatic rings. The van der Waals surface area contributed by atoms with Crippen molar-refractivity contribution in [2.75, 3.05) is 12.3 Å². The van der Waals surface area contributed by atoms with Crippen LogP contribution in [0.25, 0.3) is 0 Å². The summed E-state index contributed by atoms with van der Waals surface area (Å²) in [5, 5.41) is 3.55. The Labute approximate surface area is 115 Å². The summed E-state index contributed by atoms with van der Waals surface area (Å²) in [6.45, 7) is 0.608.